The average Bonchev–Trinajstić information content (AvgIpc) is 2.87. The molecular weight excluding hydrogens is 296 g/mol. The highest BCUT2D eigenvalue weighted by Crippen LogP contribution is 2.16. The Morgan fingerprint density at radius 1 is 1.57 bits per heavy atom. The number of hydrogen-bond donors (Lipinski definition) is 3. The monoisotopic (exact) mass is 322 g/mol. The van der Waals surface area contributed by atoms with E-state index in [0.717, 1.165) is 19.4 Å². The summed E-state index contributed by atoms with van der Waals surface area (Å²) in [6, 6.07) is 2.71. The number of carbonyl (C=O) groups is 1. The lowest BCUT2D eigenvalue weighted by Crippen LogP contribution is -2.47. The number of amides is 2. The standard InChI is InChI=1S/C16H26N4O3/c1-3-4-8-20(2)10-14-15(21)13(11-23-14)19-16(22)18-12-6-5-7-17-9-12/h5-7,9,13-15,21H,3-4,8,10-11H2,1-2H3,(H2,18,19,22)/t13-,14-,15+/m0/s1. The van der Waals surface area contributed by atoms with Crippen LogP contribution in [0, 0.1) is 0 Å². The van der Waals surface area contributed by atoms with Crippen LogP contribution in [0.3, 0.4) is 0 Å². The first-order chi connectivity index (χ1) is 11.1. The number of hydrogen-bond acceptors (Lipinski definition) is 5. The summed E-state index contributed by atoms with van der Waals surface area (Å²) in [6.45, 7) is 4.09. The number of carbonyl (C=O) groups excluding carboxylic acids is 1. The van der Waals surface area contributed by atoms with Crippen molar-refractivity contribution in [3.63, 3.8) is 0 Å². The number of aliphatic hydroxyl groups is 1. The molecular formula is C16H26N4O3. The molecule has 1 aliphatic rings. The van der Waals surface area contributed by atoms with E-state index < -0.39 is 12.1 Å². The van der Waals surface area contributed by atoms with E-state index in [9.17, 15) is 9.90 Å². The first-order valence-corrected chi connectivity index (χ1v) is 8.06. The SMILES string of the molecule is CCCCN(C)C[C@@H]1OC[C@H](NC(=O)Nc2cccnc2)[C@H]1O. The minimum absolute atomic E-state index is 0.277. The number of unbranched alkanes of at least 4 members (excludes halogenated alkanes) is 1. The molecule has 3 atom stereocenters. The molecule has 0 unspecified atom stereocenters. The van der Waals surface area contributed by atoms with Crippen molar-refractivity contribution in [2.75, 3.05) is 32.1 Å². The van der Waals surface area contributed by atoms with Crippen LogP contribution >= 0.6 is 0 Å². The van der Waals surface area contributed by atoms with Gasteiger partial charge in [-0.1, -0.05) is 13.3 Å². The summed E-state index contributed by atoms with van der Waals surface area (Å²) in [4.78, 5) is 18.0. The van der Waals surface area contributed by atoms with E-state index in [1.165, 1.54) is 0 Å². The number of anilines is 1. The molecule has 1 aromatic rings. The van der Waals surface area contributed by atoms with Crippen LogP contribution in [-0.2, 0) is 4.74 Å². The van der Waals surface area contributed by atoms with E-state index >= 15 is 0 Å². The first-order valence-electron chi connectivity index (χ1n) is 8.06. The lowest BCUT2D eigenvalue weighted by atomic mass is 10.1. The van der Waals surface area contributed by atoms with Crippen molar-refractivity contribution in [3.05, 3.63) is 24.5 Å². The van der Waals surface area contributed by atoms with Crippen molar-refractivity contribution >= 4 is 11.7 Å². The minimum Gasteiger partial charge on any atom is -0.388 e. The smallest absolute Gasteiger partial charge is 0.319 e. The second-order valence-corrected chi connectivity index (χ2v) is 5.92. The fraction of sp³-hybridized carbons (Fsp3) is 0.625. The van der Waals surface area contributed by atoms with Gasteiger partial charge in [-0.3, -0.25) is 4.98 Å². The third kappa shape index (κ3) is 5.46. The molecule has 0 spiro atoms. The highest BCUT2D eigenvalue weighted by atomic mass is 16.5. The predicted octanol–water partition coefficient (Wildman–Crippen LogP) is 1.06. The maximum absolute atomic E-state index is 12.0. The van der Waals surface area contributed by atoms with Crippen LogP contribution in [-0.4, -0.2) is 66.0 Å². The number of likely N-dealkylation sites (N-methyl/N-ethyl adjacent to an activating group) is 1. The number of nitrogens with zero attached hydrogens (tertiary/aromatic N) is 2. The Balaban J connectivity index is 1.77. The summed E-state index contributed by atoms with van der Waals surface area (Å²) in [5.74, 6) is 0. The highest BCUT2D eigenvalue weighted by molar-refractivity contribution is 5.89. The van der Waals surface area contributed by atoms with E-state index in [1.807, 2.05) is 7.05 Å². The zero-order valence-electron chi connectivity index (χ0n) is 13.7. The van der Waals surface area contributed by atoms with Gasteiger partial charge in [0, 0.05) is 12.7 Å². The van der Waals surface area contributed by atoms with Crippen LogP contribution in [0.1, 0.15) is 19.8 Å². The van der Waals surface area contributed by atoms with Crippen molar-refractivity contribution in [1.29, 1.82) is 0 Å². The molecule has 128 valence electrons. The summed E-state index contributed by atoms with van der Waals surface area (Å²) in [5, 5.41) is 15.8. The van der Waals surface area contributed by atoms with Gasteiger partial charge in [-0.25, -0.2) is 4.79 Å². The molecule has 2 amide bonds. The lowest BCUT2D eigenvalue weighted by Gasteiger charge is -2.23. The van der Waals surface area contributed by atoms with Crippen LogP contribution in [0.5, 0.6) is 0 Å². The molecule has 1 aromatic heterocycles. The zero-order valence-corrected chi connectivity index (χ0v) is 13.7. The second kappa shape index (κ2) is 8.81. The van der Waals surface area contributed by atoms with Gasteiger partial charge in [0.05, 0.1) is 30.6 Å². The van der Waals surface area contributed by atoms with Crippen molar-refractivity contribution in [2.24, 2.45) is 0 Å². The number of nitrogens with one attached hydrogen (secondary N) is 2. The third-order valence-electron chi connectivity index (χ3n) is 3.90. The molecule has 0 bridgehead atoms. The fourth-order valence-electron chi connectivity index (χ4n) is 2.57. The summed E-state index contributed by atoms with van der Waals surface area (Å²) in [7, 11) is 2.02. The molecule has 0 aromatic carbocycles. The number of aromatic nitrogens is 1. The molecule has 1 aliphatic heterocycles. The molecule has 2 heterocycles. The molecule has 1 fully saturated rings. The minimum atomic E-state index is -0.710. The normalized spacial score (nSPS) is 23.9. The molecule has 7 heteroatoms. The number of rotatable bonds is 7. The summed E-state index contributed by atoms with van der Waals surface area (Å²) in [6.07, 6.45) is 4.47. The van der Waals surface area contributed by atoms with Crippen molar-refractivity contribution in [3.8, 4) is 0 Å². The Kier molecular flexibility index (Phi) is 6.76. The number of urea groups is 1. The van der Waals surface area contributed by atoms with Gasteiger partial charge in [0.2, 0.25) is 0 Å². The van der Waals surface area contributed by atoms with Crippen LogP contribution in [0.15, 0.2) is 24.5 Å². The van der Waals surface area contributed by atoms with Gasteiger partial charge in [-0.05, 0) is 32.1 Å². The summed E-state index contributed by atoms with van der Waals surface area (Å²) < 4.78 is 5.63. The zero-order chi connectivity index (χ0) is 16.7. The van der Waals surface area contributed by atoms with E-state index in [-0.39, 0.29) is 12.1 Å². The summed E-state index contributed by atoms with van der Waals surface area (Å²) >= 11 is 0. The van der Waals surface area contributed by atoms with Gasteiger partial charge in [0.15, 0.2) is 0 Å². The first kappa shape index (κ1) is 17.7. The van der Waals surface area contributed by atoms with Gasteiger partial charge in [0.25, 0.3) is 0 Å². The molecule has 3 N–H and O–H groups in total. The Morgan fingerprint density at radius 2 is 2.39 bits per heavy atom. The maximum atomic E-state index is 12.0. The van der Waals surface area contributed by atoms with Gasteiger partial charge < -0.3 is 25.4 Å². The average molecular weight is 322 g/mol. The molecule has 1 saturated heterocycles. The molecule has 0 aliphatic carbocycles. The van der Waals surface area contributed by atoms with Crippen molar-refractivity contribution in [1.82, 2.24) is 15.2 Å². The van der Waals surface area contributed by atoms with Crippen LogP contribution in [0.25, 0.3) is 0 Å². The van der Waals surface area contributed by atoms with Gasteiger partial charge in [-0.2, -0.15) is 0 Å². The fourth-order valence-corrected chi connectivity index (χ4v) is 2.57. The Labute approximate surface area is 137 Å². The van der Waals surface area contributed by atoms with Crippen LogP contribution in [0.4, 0.5) is 10.5 Å². The maximum Gasteiger partial charge on any atom is 0.319 e. The number of ether oxygens (including phenoxy) is 1. The van der Waals surface area contributed by atoms with Crippen LogP contribution in [0.2, 0.25) is 0 Å². The van der Waals surface area contributed by atoms with Gasteiger partial charge >= 0.3 is 6.03 Å². The Hall–Kier alpha value is -1.70. The third-order valence-corrected chi connectivity index (χ3v) is 3.90. The summed E-state index contributed by atoms with van der Waals surface area (Å²) in [5.41, 5.74) is 0.606. The lowest BCUT2D eigenvalue weighted by molar-refractivity contribution is 0.0202. The number of aliphatic hydroxyl groups excluding tert-OH is 1. The molecule has 2 rings (SSSR count). The molecule has 23 heavy (non-hydrogen) atoms. The Morgan fingerprint density at radius 3 is 3.09 bits per heavy atom. The van der Waals surface area contributed by atoms with Gasteiger partial charge in [0.1, 0.15) is 6.10 Å². The quantitative estimate of drug-likeness (QED) is 0.699. The largest absolute Gasteiger partial charge is 0.388 e. The highest BCUT2D eigenvalue weighted by Gasteiger charge is 2.37. The van der Waals surface area contributed by atoms with Crippen molar-refractivity contribution in [2.45, 2.75) is 38.0 Å². The molecule has 0 radical (unpaired) electrons. The molecule has 7 nitrogen and oxygen atoms in total. The second-order valence-electron chi connectivity index (χ2n) is 5.92. The van der Waals surface area contributed by atoms with E-state index in [1.54, 1.807) is 24.5 Å². The molecule has 0 saturated carbocycles. The van der Waals surface area contributed by atoms with Gasteiger partial charge in [-0.15, -0.1) is 0 Å². The van der Waals surface area contributed by atoms with Crippen LogP contribution < -0.4 is 10.6 Å². The van der Waals surface area contributed by atoms with Crippen molar-refractivity contribution < 1.29 is 14.6 Å². The Bertz CT molecular complexity index is 485. The van der Waals surface area contributed by atoms with E-state index in [0.29, 0.717) is 18.8 Å². The number of pyridine rings is 1. The van der Waals surface area contributed by atoms with E-state index in [2.05, 4.69) is 27.4 Å². The van der Waals surface area contributed by atoms with E-state index in [4.69, 9.17) is 4.74 Å². The predicted molar refractivity (Wildman–Crippen MR) is 88.3 cm³/mol. The topological polar surface area (TPSA) is 86.7 Å².